The number of aromatic nitrogens is 2. The number of nitrogens with one attached hydrogen (secondary N) is 1. The summed E-state index contributed by atoms with van der Waals surface area (Å²) in [7, 11) is -3.76. The van der Waals surface area contributed by atoms with Gasteiger partial charge in [-0.2, -0.15) is 0 Å². The van der Waals surface area contributed by atoms with E-state index in [1.54, 1.807) is 37.3 Å². The topological polar surface area (TPSA) is 133 Å². The molecule has 0 fully saturated rings. The van der Waals surface area contributed by atoms with E-state index in [1.807, 2.05) is 11.5 Å². The summed E-state index contributed by atoms with van der Waals surface area (Å²) in [5, 5.41) is 7.78. The largest absolute Gasteiger partial charge is 0.452 e. The number of carbonyl (C=O) groups excluding carboxylic acids is 2. The standard InChI is InChI=1S/C21H21ClN4O5S/c1-13-10-17(21(28)31-12-19(27)25-18-4-3-9-24-20(18)22)14(2)26(13)11-15-5-7-16(8-6-15)32(23,29)30/h3-10H,11-12H2,1-2H3,(H,25,27)(H2,23,29,30). The van der Waals surface area contributed by atoms with E-state index in [9.17, 15) is 18.0 Å². The van der Waals surface area contributed by atoms with Crippen LogP contribution in [0.25, 0.3) is 0 Å². The number of sulfonamides is 1. The van der Waals surface area contributed by atoms with E-state index in [0.717, 1.165) is 11.3 Å². The number of esters is 1. The Balaban J connectivity index is 1.66. The Bertz CT molecular complexity index is 1270. The number of hydrogen-bond donors (Lipinski definition) is 2. The Morgan fingerprint density at radius 2 is 1.88 bits per heavy atom. The van der Waals surface area contributed by atoms with Crippen molar-refractivity contribution in [3.05, 3.63) is 76.3 Å². The Kier molecular flexibility index (Phi) is 6.97. The van der Waals surface area contributed by atoms with Gasteiger partial charge in [-0.15, -0.1) is 0 Å². The van der Waals surface area contributed by atoms with Crippen molar-refractivity contribution in [2.24, 2.45) is 5.14 Å². The highest BCUT2D eigenvalue weighted by molar-refractivity contribution is 7.89. The summed E-state index contributed by atoms with van der Waals surface area (Å²) in [4.78, 5) is 28.5. The molecule has 0 aliphatic carbocycles. The van der Waals surface area contributed by atoms with Gasteiger partial charge in [0.25, 0.3) is 5.91 Å². The van der Waals surface area contributed by atoms with Gasteiger partial charge in [0.2, 0.25) is 10.0 Å². The first kappa shape index (κ1) is 23.5. The van der Waals surface area contributed by atoms with E-state index >= 15 is 0 Å². The lowest BCUT2D eigenvalue weighted by Crippen LogP contribution is -2.21. The Morgan fingerprint density at radius 1 is 1.19 bits per heavy atom. The zero-order valence-corrected chi connectivity index (χ0v) is 18.9. The fraction of sp³-hybridized carbons (Fsp3) is 0.190. The molecule has 3 aromatic rings. The maximum absolute atomic E-state index is 12.5. The van der Waals surface area contributed by atoms with E-state index in [-0.39, 0.29) is 10.0 Å². The van der Waals surface area contributed by atoms with Crippen molar-refractivity contribution >= 4 is 39.2 Å². The van der Waals surface area contributed by atoms with Crippen LogP contribution in [-0.2, 0) is 26.1 Å². The third-order valence-electron chi connectivity index (χ3n) is 4.75. The average Bonchev–Trinajstić information content (AvgIpc) is 3.02. The lowest BCUT2D eigenvalue weighted by atomic mass is 10.2. The van der Waals surface area contributed by atoms with Crippen LogP contribution in [0, 0.1) is 13.8 Å². The molecular formula is C21H21ClN4O5S. The van der Waals surface area contributed by atoms with Crippen molar-refractivity contribution in [2.75, 3.05) is 11.9 Å². The van der Waals surface area contributed by atoms with Crippen LogP contribution in [0.5, 0.6) is 0 Å². The van der Waals surface area contributed by atoms with Crippen LogP contribution in [-0.4, -0.2) is 36.5 Å². The number of carbonyl (C=O) groups is 2. The van der Waals surface area contributed by atoms with E-state index in [1.165, 1.54) is 18.3 Å². The molecule has 0 unspecified atom stereocenters. The van der Waals surface area contributed by atoms with Gasteiger partial charge >= 0.3 is 5.97 Å². The summed E-state index contributed by atoms with van der Waals surface area (Å²) in [6.45, 7) is 3.52. The Morgan fingerprint density at radius 3 is 2.50 bits per heavy atom. The number of aryl methyl sites for hydroxylation is 1. The van der Waals surface area contributed by atoms with Crippen molar-refractivity contribution in [3.8, 4) is 0 Å². The predicted octanol–water partition coefficient (Wildman–Crippen LogP) is 2.64. The molecule has 0 saturated heterocycles. The third kappa shape index (κ3) is 5.52. The molecule has 0 radical (unpaired) electrons. The molecule has 0 bridgehead atoms. The lowest BCUT2D eigenvalue weighted by molar-refractivity contribution is -0.119. The minimum atomic E-state index is -3.76. The first-order valence-electron chi connectivity index (χ1n) is 9.42. The Labute approximate surface area is 190 Å². The molecule has 0 aliphatic heterocycles. The van der Waals surface area contributed by atoms with Gasteiger partial charge in [0.05, 0.1) is 16.1 Å². The smallest absolute Gasteiger partial charge is 0.340 e. The normalized spacial score (nSPS) is 11.2. The predicted molar refractivity (Wildman–Crippen MR) is 119 cm³/mol. The van der Waals surface area contributed by atoms with Gasteiger partial charge in [0.15, 0.2) is 11.8 Å². The van der Waals surface area contributed by atoms with Crippen LogP contribution in [0.4, 0.5) is 5.69 Å². The van der Waals surface area contributed by atoms with Gasteiger partial charge in [-0.25, -0.2) is 23.3 Å². The average molecular weight is 477 g/mol. The molecule has 0 saturated carbocycles. The van der Waals surface area contributed by atoms with Gasteiger partial charge in [0, 0.05) is 24.1 Å². The molecule has 1 amide bonds. The molecule has 168 valence electrons. The summed E-state index contributed by atoms with van der Waals surface area (Å²) in [6, 6.07) is 11.0. The number of pyridine rings is 1. The molecule has 0 atom stereocenters. The molecule has 2 aromatic heterocycles. The van der Waals surface area contributed by atoms with Crippen molar-refractivity contribution in [3.63, 3.8) is 0 Å². The maximum Gasteiger partial charge on any atom is 0.340 e. The molecule has 1 aromatic carbocycles. The first-order chi connectivity index (χ1) is 15.1. The number of benzene rings is 1. The summed E-state index contributed by atoms with van der Waals surface area (Å²) in [6.07, 6.45) is 1.49. The minimum Gasteiger partial charge on any atom is -0.452 e. The van der Waals surface area contributed by atoms with Crippen molar-refractivity contribution in [2.45, 2.75) is 25.3 Å². The monoisotopic (exact) mass is 476 g/mol. The number of anilines is 1. The number of halogens is 1. The molecule has 2 heterocycles. The van der Waals surface area contributed by atoms with Crippen LogP contribution in [0.1, 0.15) is 27.3 Å². The van der Waals surface area contributed by atoms with E-state index in [0.29, 0.717) is 23.5 Å². The minimum absolute atomic E-state index is 0.0253. The Hall–Kier alpha value is -3.21. The molecule has 9 nitrogen and oxygen atoms in total. The fourth-order valence-corrected chi connectivity index (χ4v) is 3.77. The number of amides is 1. The van der Waals surface area contributed by atoms with Crippen LogP contribution in [0.2, 0.25) is 5.15 Å². The van der Waals surface area contributed by atoms with Crippen LogP contribution < -0.4 is 10.5 Å². The number of hydrogen-bond acceptors (Lipinski definition) is 6. The highest BCUT2D eigenvalue weighted by Gasteiger charge is 2.19. The zero-order valence-electron chi connectivity index (χ0n) is 17.3. The van der Waals surface area contributed by atoms with Gasteiger partial charge in [-0.1, -0.05) is 23.7 Å². The molecule has 0 aliphatic rings. The highest BCUT2D eigenvalue weighted by atomic mass is 35.5. The molecular weight excluding hydrogens is 456 g/mol. The SMILES string of the molecule is Cc1cc(C(=O)OCC(=O)Nc2cccnc2Cl)c(C)n1Cc1ccc(S(N)(=O)=O)cc1. The highest BCUT2D eigenvalue weighted by Crippen LogP contribution is 2.20. The van der Waals surface area contributed by atoms with Crippen molar-refractivity contribution < 1.29 is 22.7 Å². The number of nitrogens with two attached hydrogens (primary N) is 1. The summed E-state index contributed by atoms with van der Waals surface area (Å²) in [5.74, 6) is -1.18. The third-order valence-corrected chi connectivity index (χ3v) is 5.98. The van der Waals surface area contributed by atoms with E-state index in [2.05, 4.69) is 10.3 Å². The molecule has 3 rings (SSSR count). The second kappa shape index (κ2) is 9.51. The van der Waals surface area contributed by atoms with Crippen LogP contribution in [0.15, 0.2) is 53.6 Å². The number of nitrogens with zero attached hydrogens (tertiary/aromatic N) is 2. The molecule has 32 heavy (non-hydrogen) atoms. The summed E-state index contributed by atoms with van der Waals surface area (Å²) < 4.78 is 29.8. The van der Waals surface area contributed by atoms with Gasteiger partial charge in [0.1, 0.15) is 0 Å². The second-order valence-electron chi connectivity index (χ2n) is 7.03. The van der Waals surface area contributed by atoms with Gasteiger partial charge in [-0.3, -0.25) is 4.79 Å². The summed E-state index contributed by atoms with van der Waals surface area (Å²) >= 11 is 5.89. The van der Waals surface area contributed by atoms with Gasteiger partial charge < -0.3 is 14.6 Å². The molecule has 11 heteroatoms. The van der Waals surface area contributed by atoms with Crippen LogP contribution >= 0.6 is 11.6 Å². The number of ether oxygens (including phenoxy) is 1. The number of rotatable bonds is 7. The van der Waals surface area contributed by atoms with Crippen molar-refractivity contribution in [1.82, 2.24) is 9.55 Å². The fourth-order valence-electron chi connectivity index (χ4n) is 3.09. The second-order valence-corrected chi connectivity index (χ2v) is 8.95. The van der Waals surface area contributed by atoms with Crippen LogP contribution in [0.3, 0.4) is 0 Å². The van der Waals surface area contributed by atoms with E-state index in [4.69, 9.17) is 21.5 Å². The number of primary sulfonamides is 1. The lowest BCUT2D eigenvalue weighted by Gasteiger charge is -2.11. The maximum atomic E-state index is 12.5. The molecule has 3 N–H and O–H groups in total. The van der Waals surface area contributed by atoms with Crippen molar-refractivity contribution in [1.29, 1.82) is 0 Å². The zero-order chi connectivity index (χ0) is 23.5. The first-order valence-corrected chi connectivity index (χ1v) is 11.3. The summed E-state index contributed by atoms with van der Waals surface area (Å²) in [5.41, 5.74) is 2.93. The van der Waals surface area contributed by atoms with E-state index < -0.39 is 28.5 Å². The quantitative estimate of drug-likeness (QED) is 0.397. The van der Waals surface area contributed by atoms with Gasteiger partial charge in [-0.05, 0) is 49.7 Å². The molecule has 0 spiro atoms.